The van der Waals surface area contributed by atoms with Crippen LogP contribution in [0.5, 0.6) is 0 Å². The number of nitrogens with one attached hydrogen (secondary N) is 1. The van der Waals surface area contributed by atoms with E-state index >= 15 is 0 Å². The zero-order chi connectivity index (χ0) is 14.8. The molecule has 21 heavy (non-hydrogen) atoms. The van der Waals surface area contributed by atoms with Crippen LogP contribution in [0.25, 0.3) is 11.4 Å². The van der Waals surface area contributed by atoms with Gasteiger partial charge in [0.1, 0.15) is 5.82 Å². The van der Waals surface area contributed by atoms with Gasteiger partial charge in [-0.3, -0.25) is 4.98 Å². The monoisotopic (exact) mass is 282 g/mol. The van der Waals surface area contributed by atoms with E-state index in [1.807, 2.05) is 20.9 Å². The second kappa shape index (κ2) is 5.80. The molecule has 0 atom stereocenters. The lowest BCUT2D eigenvalue weighted by atomic mass is 10.1. The summed E-state index contributed by atoms with van der Waals surface area (Å²) < 4.78 is 0. The summed E-state index contributed by atoms with van der Waals surface area (Å²) in [5, 5.41) is 3.26. The summed E-state index contributed by atoms with van der Waals surface area (Å²) >= 11 is 0. The van der Waals surface area contributed by atoms with E-state index in [1.165, 1.54) is 30.5 Å². The van der Waals surface area contributed by atoms with Crippen molar-refractivity contribution in [1.29, 1.82) is 0 Å². The number of aromatic nitrogens is 3. The van der Waals surface area contributed by atoms with Gasteiger partial charge in [-0.15, -0.1) is 0 Å². The zero-order valence-electron chi connectivity index (χ0n) is 13.0. The molecule has 2 heterocycles. The Hall–Kier alpha value is -1.97. The molecule has 0 aromatic carbocycles. The maximum absolute atomic E-state index is 4.86. The van der Waals surface area contributed by atoms with Gasteiger partial charge in [0.2, 0.25) is 0 Å². The van der Waals surface area contributed by atoms with Gasteiger partial charge < -0.3 is 5.32 Å². The van der Waals surface area contributed by atoms with E-state index in [1.54, 1.807) is 0 Å². The fourth-order valence-electron chi connectivity index (χ4n) is 3.07. The van der Waals surface area contributed by atoms with Crippen LogP contribution in [0.15, 0.2) is 12.1 Å². The maximum atomic E-state index is 4.86. The van der Waals surface area contributed by atoms with Crippen LogP contribution in [-0.4, -0.2) is 22.0 Å². The Kier molecular flexibility index (Phi) is 3.86. The summed E-state index contributed by atoms with van der Waals surface area (Å²) in [6.45, 7) is 4.03. The third-order valence-electron chi connectivity index (χ3n) is 4.01. The fraction of sp³-hybridized carbons (Fsp3) is 0.471. The van der Waals surface area contributed by atoms with Gasteiger partial charge in [-0.25, -0.2) is 9.97 Å². The zero-order valence-corrected chi connectivity index (χ0v) is 13.0. The summed E-state index contributed by atoms with van der Waals surface area (Å²) in [5.74, 6) is 1.80. The molecule has 0 saturated carbocycles. The van der Waals surface area contributed by atoms with Crippen LogP contribution in [0.1, 0.15) is 41.9 Å². The molecule has 0 amide bonds. The SMILES string of the molecule is CNc1nc(-c2cc(C)nc(C)c2)nc2c1CCCCC2. The topological polar surface area (TPSA) is 50.7 Å². The van der Waals surface area contributed by atoms with E-state index in [2.05, 4.69) is 22.4 Å². The van der Waals surface area contributed by atoms with Gasteiger partial charge in [0, 0.05) is 35.3 Å². The standard InChI is InChI=1S/C17H22N4/c1-11-9-13(10-12(2)19-11)16-20-15-8-6-4-5-7-14(15)17(18-3)21-16/h9-10H,4-8H2,1-3H3,(H,18,20,21). The first-order valence-electron chi connectivity index (χ1n) is 7.70. The van der Waals surface area contributed by atoms with Crippen molar-refractivity contribution in [3.8, 4) is 11.4 Å². The van der Waals surface area contributed by atoms with Crippen LogP contribution in [-0.2, 0) is 12.8 Å². The highest BCUT2D eigenvalue weighted by molar-refractivity contribution is 5.60. The minimum absolute atomic E-state index is 0.814. The molecule has 0 spiro atoms. The van der Waals surface area contributed by atoms with Crippen molar-refractivity contribution in [3.63, 3.8) is 0 Å². The molecular weight excluding hydrogens is 260 g/mol. The van der Waals surface area contributed by atoms with E-state index in [0.29, 0.717) is 0 Å². The molecule has 4 nitrogen and oxygen atoms in total. The first-order chi connectivity index (χ1) is 10.2. The summed E-state index contributed by atoms with van der Waals surface area (Å²) in [5.41, 5.74) is 5.60. The van der Waals surface area contributed by atoms with E-state index in [4.69, 9.17) is 9.97 Å². The Bertz CT molecular complexity index is 644. The highest BCUT2D eigenvalue weighted by Crippen LogP contribution is 2.28. The molecule has 0 saturated heterocycles. The maximum Gasteiger partial charge on any atom is 0.161 e. The van der Waals surface area contributed by atoms with Gasteiger partial charge in [0.15, 0.2) is 5.82 Å². The van der Waals surface area contributed by atoms with Crippen LogP contribution in [0, 0.1) is 13.8 Å². The van der Waals surface area contributed by atoms with Crippen molar-refractivity contribution in [2.45, 2.75) is 46.0 Å². The second-order valence-corrected chi connectivity index (χ2v) is 5.77. The van der Waals surface area contributed by atoms with Gasteiger partial charge in [-0.05, 0) is 51.7 Å². The van der Waals surface area contributed by atoms with Crippen molar-refractivity contribution in [1.82, 2.24) is 15.0 Å². The van der Waals surface area contributed by atoms with Crippen molar-refractivity contribution < 1.29 is 0 Å². The predicted molar refractivity (Wildman–Crippen MR) is 85.5 cm³/mol. The largest absolute Gasteiger partial charge is 0.373 e. The molecule has 1 N–H and O–H groups in total. The first-order valence-corrected chi connectivity index (χ1v) is 7.70. The molecule has 3 rings (SSSR count). The number of nitrogens with zero attached hydrogens (tertiary/aromatic N) is 3. The molecule has 2 aromatic heterocycles. The van der Waals surface area contributed by atoms with Crippen molar-refractivity contribution >= 4 is 5.82 Å². The summed E-state index contributed by atoms with van der Waals surface area (Å²) in [4.78, 5) is 14.0. The van der Waals surface area contributed by atoms with Crippen LogP contribution in [0.2, 0.25) is 0 Å². The van der Waals surface area contributed by atoms with Gasteiger partial charge in [0.25, 0.3) is 0 Å². The molecule has 0 unspecified atom stereocenters. The lowest BCUT2D eigenvalue weighted by Gasteiger charge is -2.13. The molecule has 0 aliphatic heterocycles. The number of hydrogen-bond donors (Lipinski definition) is 1. The molecule has 0 radical (unpaired) electrons. The van der Waals surface area contributed by atoms with Crippen LogP contribution in [0.4, 0.5) is 5.82 Å². The van der Waals surface area contributed by atoms with E-state index in [9.17, 15) is 0 Å². The lowest BCUT2D eigenvalue weighted by molar-refractivity contribution is 0.709. The second-order valence-electron chi connectivity index (χ2n) is 5.77. The van der Waals surface area contributed by atoms with E-state index in [-0.39, 0.29) is 0 Å². The van der Waals surface area contributed by atoms with Crippen LogP contribution < -0.4 is 5.32 Å². The van der Waals surface area contributed by atoms with Gasteiger partial charge in [-0.2, -0.15) is 0 Å². The molecule has 1 aliphatic carbocycles. The molecule has 4 heteroatoms. The van der Waals surface area contributed by atoms with E-state index < -0.39 is 0 Å². The average Bonchev–Trinajstić information content (AvgIpc) is 2.70. The average molecular weight is 282 g/mol. The molecule has 0 bridgehead atoms. The van der Waals surface area contributed by atoms with Gasteiger partial charge in [-0.1, -0.05) is 6.42 Å². The Morgan fingerprint density at radius 3 is 2.33 bits per heavy atom. The number of aryl methyl sites for hydroxylation is 3. The molecule has 110 valence electrons. The Labute approximate surface area is 126 Å². The number of hydrogen-bond acceptors (Lipinski definition) is 4. The minimum atomic E-state index is 0.814. The first kappa shape index (κ1) is 14.0. The third kappa shape index (κ3) is 2.89. The van der Waals surface area contributed by atoms with Crippen molar-refractivity contribution in [2.75, 3.05) is 12.4 Å². The highest BCUT2D eigenvalue weighted by Gasteiger charge is 2.17. The molecular formula is C17H22N4. The van der Waals surface area contributed by atoms with Crippen molar-refractivity contribution in [2.24, 2.45) is 0 Å². The number of anilines is 1. The lowest BCUT2D eigenvalue weighted by Crippen LogP contribution is -2.07. The van der Waals surface area contributed by atoms with Crippen molar-refractivity contribution in [3.05, 3.63) is 34.8 Å². The number of fused-ring (bicyclic) bond motifs is 1. The predicted octanol–water partition coefficient (Wildman–Crippen LogP) is 3.47. The summed E-state index contributed by atoms with van der Waals surface area (Å²) in [6, 6.07) is 4.12. The smallest absolute Gasteiger partial charge is 0.161 e. The Balaban J connectivity index is 2.13. The fourth-order valence-corrected chi connectivity index (χ4v) is 3.07. The quantitative estimate of drug-likeness (QED) is 0.857. The van der Waals surface area contributed by atoms with E-state index in [0.717, 1.165) is 41.4 Å². The normalized spacial score (nSPS) is 14.4. The Morgan fingerprint density at radius 1 is 0.905 bits per heavy atom. The number of pyridine rings is 1. The molecule has 2 aromatic rings. The van der Waals surface area contributed by atoms with Crippen LogP contribution >= 0.6 is 0 Å². The molecule has 1 aliphatic rings. The van der Waals surface area contributed by atoms with Gasteiger partial charge in [0.05, 0.1) is 0 Å². The third-order valence-corrected chi connectivity index (χ3v) is 4.01. The van der Waals surface area contributed by atoms with Crippen LogP contribution in [0.3, 0.4) is 0 Å². The summed E-state index contributed by atoms with van der Waals surface area (Å²) in [7, 11) is 1.94. The Morgan fingerprint density at radius 2 is 1.62 bits per heavy atom. The highest BCUT2D eigenvalue weighted by atomic mass is 15.0. The number of rotatable bonds is 2. The molecule has 0 fully saturated rings. The summed E-state index contributed by atoms with van der Waals surface area (Å²) in [6.07, 6.45) is 5.88. The minimum Gasteiger partial charge on any atom is -0.373 e. The van der Waals surface area contributed by atoms with Gasteiger partial charge >= 0.3 is 0 Å².